The molecule has 1 fully saturated rings. The first-order valence-electron chi connectivity index (χ1n) is 6.86. The van der Waals surface area contributed by atoms with Gasteiger partial charge in [-0.25, -0.2) is 0 Å². The van der Waals surface area contributed by atoms with Crippen LogP contribution in [0.25, 0.3) is 0 Å². The highest BCUT2D eigenvalue weighted by Crippen LogP contribution is 2.32. The number of nitrogens with zero attached hydrogens (tertiary/aromatic N) is 1. The number of hydrogen-bond donors (Lipinski definition) is 1. The van der Waals surface area contributed by atoms with Crippen LogP contribution in [-0.4, -0.2) is 41.4 Å². The van der Waals surface area contributed by atoms with Crippen molar-refractivity contribution in [3.63, 3.8) is 0 Å². The van der Waals surface area contributed by atoms with E-state index < -0.39 is 18.8 Å². The van der Waals surface area contributed by atoms with E-state index in [1.807, 2.05) is 0 Å². The topological polar surface area (TPSA) is 23.5 Å². The SMILES string of the molecule is CCCC1CCC(O)C(N(CC)CC(F)(F)F)C1. The summed E-state index contributed by atoms with van der Waals surface area (Å²) in [6, 6.07) is -0.332. The van der Waals surface area contributed by atoms with Crippen LogP contribution in [0, 0.1) is 5.92 Å². The van der Waals surface area contributed by atoms with E-state index in [9.17, 15) is 18.3 Å². The van der Waals surface area contributed by atoms with Gasteiger partial charge in [-0.1, -0.05) is 26.7 Å². The van der Waals surface area contributed by atoms with Gasteiger partial charge in [0.05, 0.1) is 12.6 Å². The van der Waals surface area contributed by atoms with Crippen molar-refractivity contribution in [2.45, 2.75) is 64.3 Å². The van der Waals surface area contributed by atoms with Gasteiger partial charge in [0.15, 0.2) is 0 Å². The Kier molecular flexibility index (Phi) is 5.92. The second kappa shape index (κ2) is 6.75. The lowest BCUT2D eigenvalue weighted by Gasteiger charge is -2.40. The Hall–Kier alpha value is -0.290. The lowest BCUT2D eigenvalue weighted by molar-refractivity contribution is -0.158. The molecule has 0 aromatic rings. The summed E-state index contributed by atoms with van der Waals surface area (Å²) in [5.41, 5.74) is 0. The quantitative estimate of drug-likeness (QED) is 0.827. The summed E-state index contributed by atoms with van der Waals surface area (Å²) < 4.78 is 37.5. The van der Waals surface area contributed by atoms with E-state index in [1.54, 1.807) is 6.92 Å². The van der Waals surface area contributed by atoms with Gasteiger partial charge in [-0.3, -0.25) is 4.90 Å². The molecule has 0 aliphatic heterocycles. The van der Waals surface area contributed by atoms with Crippen molar-refractivity contribution in [2.24, 2.45) is 5.92 Å². The van der Waals surface area contributed by atoms with Crippen LogP contribution in [0.3, 0.4) is 0 Å². The van der Waals surface area contributed by atoms with Crippen molar-refractivity contribution < 1.29 is 18.3 Å². The van der Waals surface area contributed by atoms with Gasteiger partial charge >= 0.3 is 6.18 Å². The largest absolute Gasteiger partial charge is 0.401 e. The lowest BCUT2D eigenvalue weighted by atomic mass is 9.81. The van der Waals surface area contributed by atoms with E-state index in [0.29, 0.717) is 25.3 Å². The molecule has 108 valence electrons. The van der Waals surface area contributed by atoms with Crippen LogP contribution in [0.5, 0.6) is 0 Å². The van der Waals surface area contributed by atoms with Crippen LogP contribution < -0.4 is 0 Å². The summed E-state index contributed by atoms with van der Waals surface area (Å²) >= 11 is 0. The molecule has 0 aromatic heterocycles. The Morgan fingerprint density at radius 3 is 2.39 bits per heavy atom. The van der Waals surface area contributed by atoms with Crippen molar-refractivity contribution in [1.82, 2.24) is 4.90 Å². The smallest absolute Gasteiger partial charge is 0.391 e. The molecule has 2 nitrogen and oxygen atoms in total. The molecule has 1 rings (SSSR count). The lowest BCUT2D eigenvalue weighted by Crippen LogP contribution is -2.50. The minimum atomic E-state index is -4.19. The van der Waals surface area contributed by atoms with Gasteiger partial charge in [0.1, 0.15) is 0 Å². The predicted octanol–water partition coefficient (Wildman–Crippen LogP) is 3.20. The summed E-state index contributed by atoms with van der Waals surface area (Å²) in [7, 11) is 0. The maximum atomic E-state index is 12.5. The van der Waals surface area contributed by atoms with Crippen molar-refractivity contribution >= 4 is 0 Å². The van der Waals surface area contributed by atoms with E-state index in [1.165, 1.54) is 4.90 Å². The molecular formula is C13H24F3NO. The molecule has 3 atom stereocenters. The number of hydrogen-bond acceptors (Lipinski definition) is 2. The zero-order valence-corrected chi connectivity index (χ0v) is 11.2. The van der Waals surface area contributed by atoms with Crippen LogP contribution in [0.15, 0.2) is 0 Å². The molecule has 1 aliphatic rings. The van der Waals surface area contributed by atoms with Gasteiger partial charge in [-0.05, 0) is 31.7 Å². The normalized spacial score (nSPS) is 29.8. The van der Waals surface area contributed by atoms with Gasteiger partial charge in [0.2, 0.25) is 0 Å². The average Bonchev–Trinajstić information content (AvgIpc) is 2.28. The maximum absolute atomic E-state index is 12.5. The fourth-order valence-corrected chi connectivity index (χ4v) is 2.97. The van der Waals surface area contributed by atoms with Crippen molar-refractivity contribution in [1.29, 1.82) is 0 Å². The van der Waals surface area contributed by atoms with E-state index in [4.69, 9.17) is 0 Å². The molecule has 3 unspecified atom stereocenters. The molecule has 0 amide bonds. The number of halogens is 3. The van der Waals surface area contributed by atoms with Gasteiger partial charge < -0.3 is 5.11 Å². The first kappa shape index (κ1) is 15.8. The van der Waals surface area contributed by atoms with E-state index >= 15 is 0 Å². The third-order valence-corrected chi connectivity index (χ3v) is 3.84. The van der Waals surface area contributed by atoms with Gasteiger partial charge in [0.25, 0.3) is 0 Å². The Bertz CT molecular complexity index is 245. The monoisotopic (exact) mass is 267 g/mol. The van der Waals surface area contributed by atoms with Crippen molar-refractivity contribution in [2.75, 3.05) is 13.1 Å². The fourth-order valence-electron chi connectivity index (χ4n) is 2.97. The molecule has 5 heteroatoms. The Balaban J connectivity index is 2.63. The fraction of sp³-hybridized carbons (Fsp3) is 1.00. The molecule has 0 saturated heterocycles. The average molecular weight is 267 g/mol. The van der Waals surface area contributed by atoms with E-state index in [0.717, 1.165) is 19.3 Å². The second-order valence-electron chi connectivity index (χ2n) is 5.28. The number of rotatable bonds is 5. The minimum Gasteiger partial charge on any atom is -0.391 e. The molecule has 0 spiro atoms. The van der Waals surface area contributed by atoms with E-state index in [2.05, 4.69) is 6.92 Å². The van der Waals surface area contributed by atoms with Crippen molar-refractivity contribution in [3.8, 4) is 0 Å². The molecule has 18 heavy (non-hydrogen) atoms. The van der Waals surface area contributed by atoms with E-state index in [-0.39, 0.29) is 6.04 Å². The molecule has 0 aromatic carbocycles. The number of aliphatic hydroxyl groups is 1. The summed E-state index contributed by atoms with van der Waals surface area (Å²) in [5, 5.41) is 9.94. The zero-order chi connectivity index (χ0) is 13.8. The van der Waals surface area contributed by atoms with Crippen LogP contribution in [-0.2, 0) is 0 Å². The predicted molar refractivity (Wildman–Crippen MR) is 65.3 cm³/mol. The zero-order valence-electron chi connectivity index (χ0n) is 11.2. The molecule has 0 radical (unpaired) electrons. The minimum absolute atomic E-state index is 0.332. The molecular weight excluding hydrogens is 243 g/mol. The molecule has 0 bridgehead atoms. The number of alkyl halides is 3. The molecule has 1 saturated carbocycles. The van der Waals surface area contributed by atoms with Crippen LogP contribution >= 0.6 is 0 Å². The Labute approximate surface area is 107 Å². The summed E-state index contributed by atoms with van der Waals surface area (Å²) in [6.07, 6.45) is -0.433. The molecule has 0 heterocycles. The summed E-state index contributed by atoms with van der Waals surface area (Å²) in [6.45, 7) is 3.24. The van der Waals surface area contributed by atoms with Crippen LogP contribution in [0.1, 0.15) is 46.0 Å². The third kappa shape index (κ3) is 4.76. The maximum Gasteiger partial charge on any atom is 0.401 e. The highest BCUT2D eigenvalue weighted by molar-refractivity contribution is 4.87. The molecule has 1 N–H and O–H groups in total. The molecule has 1 aliphatic carbocycles. The third-order valence-electron chi connectivity index (χ3n) is 3.84. The van der Waals surface area contributed by atoms with Crippen LogP contribution in [0.2, 0.25) is 0 Å². The standard InChI is InChI=1S/C13H24F3NO/c1-3-5-10-6-7-12(18)11(8-10)17(4-2)9-13(14,15)16/h10-12,18H,3-9H2,1-2H3. The van der Waals surface area contributed by atoms with Crippen LogP contribution in [0.4, 0.5) is 13.2 Å². The Morgan fingerprint density at radius 1 is 1.22 bits per heavy atom. The summed E-state index contributed by atoms with van der Waals surface area (Å²) in [4.78, 5) is 1.38. The highest BCUT2D eigenvalue weighted by atomic mass is 19.4. The van der Waals surface area contributed by atoms with Crippen molar-refractivity contribution in [3.05, 3.63) is 0 Å². The first-order chi connectivity index (χ1) is 8.37. The van der Waals surface area contributed by atoms with Gasteiger partial charge in [-0.2, -0.15) is 13.2 Å². The van der Waals surface area contributed by atoms with Gasteiger partial charge in [0, 0.05) is 6.04 Å². The highest BCUT2D eigenvalue weighted by Gasteiger charge is 2.38. The second-order valence-corrected chi connectivity index (χ2v) is 5.28. The number of likely N-dealkylation sites (N-methyl/N-ethyl adjacent to an activating group) is 1. The first-order valence-corrected chi connectivity index (χ1v) is 6.86. The Morgan fingerprint density at radius 2 is 1.89 bits per heavy atom. The summed E-state index contributed by atoms with van der Waals surface area (Å²) in [5.74, 6) is 0.464. The number of aliphatic hydroxyl groups excluding tert-OH is 1. The van der Waals surface area contributed by atoms with Gasteiger partial charge in [-0.15, -0.1) is 0 Å².